The van der Waals surface area contributed by atoms with E-state index < -0.39 is 12.6 Å². The molecule has 0 spiro atoms. The summed E-state index contributed by atoms with van der Waals surface area (Å²) >= 11 is 0. The Morgan fingerprint density at radius 1 is 1.43 bits per heavy atom. The number of carboxylic acid groups (broad SMARTS) is 1. The summed E-state index contributed by atoms with van der Waals surface area (Å²) in [5.41, 5.74) is 0.236. The molecule has 0 amide bonds. The van der Waals surface area contributed by atoms with Crippen LogP contribution in [0.3, 0.4) is 0 Å². The number of halogens is 2. The largest absolute Gasteiger partial charge is 0.481 e. The number of hydrogen-bond acceptors (Lipinski definition) is 2. The molecule has 0 aromatic heterocycles. The van der Waals surface area contributed by atoms with Gasteiger partial charge >= 0.3 is 12.6 Å². The van der Waals surface area contributed by atoms with Crippen molar-refractivity contribution < 1.29 is 23.4 Å². The van der Waals surface area contributed by atoms with Gasteiger partial charge in [-0.1, -0.05) is 18.2 Å². The molecule has 0 heterocycles. The summed E-state index contributed by atoms with van der Waals surface area (Å²) in [6.45, 7) is -2.94. The van der Waals surface area contributed by atoms with E-state index in [1.54, 1.807) is 6.07 Å². The van der Waals surface area contributed by atoms with Gasteiger partial charge in [-0.15, -0.1) is 0 Å². The van der Waals surface area contributed by atoms with E-state index in [1.807, 2.05) is 0 Å². The lowest BCUT2D eigenvalue weighted by molar-refractivity contribution is -0.136. The Morgan fingerprint density at radius 2 is 2.07 bits per heavy atom. The molecule has 0 aliphatic rings. The quantitative estimate of drug-likeness (QED) is 0.811. The van der Waals surface area contributed by atoms with Crippen molar-refractivity contribution in [3.8, 4) is 5.75 Å². The number of rotatable bonds is 4. The second-order valence-corrected chi connectivity index (χ2v) is 2.56. The van der Waals surface area contributed by atoms with E-state index in [9.17, 15) is 13.6 Å². The van der Waals surface area contributed by atoms with Crippen LogP contribution in [0, 0.1) is 0 Å². The third-order valence-electron chi connectivity index (χ3n) is 1.53. The standard InChI is InChI=1S/C9H8F2O3/c10-9(11)14-7-4-2-1-3-6(7)5-8(12)13/h1-4,9H,5H2,(H,12,13). The maximum atomic E-state index is 11.9. The van der Waals surface area contributed by atoms with Gasteiger partial charge in [-0.05, 0) is 6.07 Å². The zero-order valence-electron chi connectivity index (χ0n) is 7.11. The lowest BCUT2D eigenvalue weighted by Crippen LogP contribution is -2.07. The van der Waals surface area contributed by atoms with Crippen LogP contribution in [0.1, 0.15) is 5.56 Å². The summed E-state index contributed by atoms with van der Waals surface area (Å²) in [5, 5.41) is 8.48. The molecule has 0 radical (unpaired) electrons. The fraction of sp³-hybridized carbons (Fsp3) is 0.222. The molecule has 3 nitrogen and oxygen atoms in total. The van der Waals surface area contributed by atoms with Crippen LogP contribution in [0.5, 0.6) is 5.75 Å². The monoisotopic (exact) mass is 202 g/mol. The van der Waals surface area contributed by atoms with Crippen molar-refractivity contribution in [3.05, 3.63) is 29.8 Å². The molecule has 0 atom stereocenters. The third kappa shape index (κ3) is 3.01. The van der Waals surface area contributed by atoms with Crippen LogP contribution in [0.15, 0.2) is 24.3 Å². The summed E-state index contributed by atoms with van der Waals surface area (Å²) in [4.78, 5) is 10.4. The van der Waals surface area contributed by atoms with Crippen molar-refractivity contribution in [2.45, 2.75) is 13.0 Å². The van der Waals surface area contributed by atoms with Crippen molar-refractivity contribution in [1.29, 1.82) is 0 Å². The highest BCUT2D eigenvalue weighted by Gasteiger charge is 2.10. The van der Waals surface area contributed by atoms with Gasteiger partial charge in [-0.3, -0.25) is 4.79 Å². The molecule has 0 fully saturated rings. The predicted molar refractivity (Wildman–Crippen MR) is 44.4 cm³/mol. The summed E-state index contributed by atoms with van der Waals surface area (Å²) in [6, 6.07) is 5.82. The molecule has 0 bridgehead atoms. The zero-order chi connectivity index (χ0) is 10.6. The number of ether oxygens (including phenoxy) is 1. The Bertz CT molecular complexity index is 326. The van der Waals surface area contributed by atoms with E-state index >= 15 is 0 Å². The van der Waals surface area contributed by atoms with Crippen LogP contribution in [-0.2, 0) is 11.2 Å². The molecule has 0 aliphatic heterocycles. The molecule has 14 heavy (non-hydrogen) atoms. The number of alkyl halides is 2. The first-order valence-corrected chi connectivity index (χ1v) is 3.84. The van der Waals surface area contributed by atoms with Gasteiger partial charge in [0.1, 0.15) is 5.75 Å². The average molecular weight is 202 g/mol. The van der Waals surface area contributed by atoms with E-state index in [0.29, 0.717) is 0 Å². The summed E-state index contributed by atoms with van der Waals surface area (Å²) in [5.74, 6) is -1.18. The summed E-state index contributed by atoms with van der Waals surface area (Å²) in [7, 11) is 0. The molecule has 1 N–H and O–H groups in total. The molecule has 1 aromatic rings. The van der Waals surface area contributed by atoms with Crippen LogP contribution in [-0.4, -0.2) is 17.7 Å². The van der Waals surface area contributed by atoms with E-state index in [-0.39, 0.29) is 17.7 Å². The lowest BCUT2D eigenvalue weighted by atomic mass is 10.1. The van der Waals surface area contributed by atoms with Crippen LogP contribution >= 0.6 is 0 Å². The molecule has 1 rings (SSSR count). The van der Waals surface area contributed by atoms with Crippen LogP contribution in [0.2, 0.25) is 0 Å². The van der Waals surface area contributed by atoms with Gasteiger partial charge in [0.25, 0.3) is 0 Å². The number of carboxylic acids is 1. The minimum atomic E-state index is -2.94. The van der Waals surface area contributed by atoms with Crippen LogP contribution in [0.25, 0.3) is 0 Å². The minimum absolute atomic E-state index is 0.0927. The summed E-state index contributed by atoms with van der Waals surface area (Å²) < 4.78 is 27.9. The first-order valence-electron chi connectivity index (χ1n) is 3.84. The van der Waals surface area contributed by atoms with Crippen molar-refractivity contribution >= 4 is 5.97 Å². The van der Waals surface area contributed by atoms with Gasteiger partial charge in [-0.2, -0.15) is 8.78 Å². The van der Waals surface area contributed by atoms with Gasteiger partial charge in [0, 0.05) is 5.56 Å². The highest BCUT2D eigenvalue weighted by molar-refractivity contribution is 5.71. The maximum absolute atomic E-state index is 11.9. The number of hydrogen-bond donors (Lipinski definition) is 1. The Hall–Kier alpha value is -1.65. The Balaban J connectivity index is 2.85. The van der Waals surface area contributed by atoms with E-state index in [2.05, 4.69) is 4.74 Å². The highest BCUT2D eigenvalue weighted by Crippen LogP contribution is 2.20. The van der Waals surface area contributed by atoms with Gasteiger partial charge in [0.15, 0.2) is 0 Å². The zero-order valence-corrected chi connectivity index (χ0v) is 7.11. The average Bonchev–Trinajstić information content (AvgIpc) is 2.06. The fourth-order valence-electron chi connectivity index (χ4n) is 1.02. The van der Waals surface area contributed by atoms with Crippen molar-refractivity contribution in [2.24, 2.45) is 0 Å². The van der Waals surface area contributed by atoms with Gasteiger partial charge in [-0.25, -0.2) is 0 Å². The number of para-hydroxylation sites is 1. The van der Waals surface area contributed by atoms with Crippen molar-refractivity contribution in [3.63, 3.8) is 0 Å². The normalized spacial score (nSPS) is 10.2. The molecular weight excluding hydrogens is 194 g/mol. The molecule has 5 heteroatoms. The first kappa shape index (κ1) is 10.4. The molecule has 0 unspecified atom stereocenters. The maximum Gasteiger partial charge on any atom is 0.387 e. The Kier molecular flexibility index (Phi) is 3.39. The molecular formula is C9H8F2O3. The smallest absolute Gasteiger partial charge is 0.387 e. The Labute approximate surface area is 78.9 Å². The fourth-order valence-corrected chi connectivity index (χ4v) is 1.02. The number of benzene rings is 1. The van der Waals surface area contributed by atoms with E-state index in [0.717, 1.165) is 0 Å². The first-order chi connectivity index (χ1) is 6.59. The van der Waals surface area contributed by atoms with Crippen LogP contribution < -0.4 is 4.74 Å². The molecule has 0 saturated heterocycles. The number of aliphatic carboxylic acids is 1. The predicted octanol–water partition coefficient (Wildman–Crippen LogP) is 1.92. The second-order valence-electron chi connectivity index (χ2n) is 2.56. The second kappa shape index (κ2) is 4.55. The van der Waals surface area contributed by atoms with Gasteiger partial charge in [0.05, 0.1) is 6.42 Å². The molecule has 0 saturated carbocycles. The highest BCUT2D eigenvalue weighted by atomic mass is 19.3. The SMILES string of the molecule is O=C(O)Cc1ccccc1OC(F)F. The van der Waals surface area contributed by atoms with Crippen molar-refractivity contribution in [2.75, 3.05) is 0 Å². The molecule has 76 valence electrons. The van der Waals surface area contributed by atoms with E-state index in [1.165, 1.54) is 18.2 Å². The number of carbonyl (C=O) groups is 1. The minimum Gasteiger partial charge on any atom is -0.481 e. The topological polar surface area (TPSA) is 46.5 Å². The lowest BCUT2D eigenvalue weighted by Gasteiger charge is -2.08. The molecule has 0 aliphatic carbocycles. The van der Waals surface area contributed by atoms with Gasteiger partial charge in [0.2, 0.25) is 0 Å². The van der Waals surface area contributed by atoms with Crippen molar-refractivity contribution in [1.82, 2.24) is 0 Å². The third-order valence-corrected chi connectivity index (χ3v) is 1.53. The molecule has 1 aromatic carbocycles. The van der Waals surface area contributed by atoms with E-state index in [4.69, 9.17) is 5.11 Å². The van der Waals surface area contributed by atoms with Crippen LogP contribution in [0.4, 0.5) is 8.78 Å². The van der Waals surface area contributed by atoms with Gasteiger partial charge < -0.3 is 9.84 Å². The summed E-state index contributed by atoms with van der Waals surface area (Å²) in [6.07, 6.45) is -0.330. The Morgan fingerprint density at radius 3 is 2.64 bits per heavy atom.